The van der Waals surface area contributed by atoms with Crippen LogP contribution >= 0.6 is 0 Å². The van der Waals surface area contributed by atoms with E-state index in [1.807, 2.05) is 44.2 Å². The van der Waals surface area contributed by atoms with Crippen molar-refractivity contribution in [3.8, 4) is 11.3 Å². The Kier molecular flexibility index (Phi) is 2.79. The van der Waals surface area contributed by atoms with E-state index in [-0.39, 0.29) is 5.82 Å². The normalized spacial score (nSPS) is 10.9. The third kappa shape index (κ3) is 2.22. The molecule has 1 heterocycles. The number of hydrogen-bond acceptors (Lipinski definition) is 1. The monoisotopic (exact) mass is 251 g/mol. The van der Waals surface area contributed by atoms with Crippen molar-refractivity contribution in [3.63, 3.8) is 0 Å². The largest absolute Gasteiger partial charge is 0.248 e. The van der Waals surface area contributed by atoms with E-state index in [0.717, 1.165) is 16.7 Å². The summed E-state index contributed by atoms with van der Waals surface area (Å²) in [6.45, 7) is 4.07. The van der Waals surface area contributed by atoms with Gasteiger partial charge >= 0.3 is 0 Å². The van der Waals surface area contributed by atoms with Gasteiger partial charge in [-0.1, -0.05) is 29.3 Å². The van der Waals surface area contributed by atoms with Gasteiger partial charge in [0.1, 0.15) is 5.82 Å². The minimum absolute atomic E-state index is 0.222. The van der Waals surface area contributed by atoms with Crippen LogP contribution in [0.3, 0.4) is 0 Å². The number of aromatic nitrogens is 1. The van der Waals surface area contributed by atoms with Crippen LogP contribution < -0.4 is 0 Å². The molecule has 0 spiro atoms. The maximum absolute atomic E-state index is 14.1. The molecule has 1 nitrogen and oxygen atoms in total. The van der Waals surface area contributed by atoms with Gasteiger partial charge in [0, 0.05) is 17.0 Å². The standard InChI is InChI=1S/C17H14FN/c1-11-7-12(2)9-13(8-11)17-10-15(18)14-5-3-4-6-16(14)19-17/h3-10H,1-2H3. The van der Waals surface area contributed by atoms with E-state index in [0.29, 0.717) is 16.6 Å². The Hall–Kier alpha value is -2.22. The molecule has 0 unspecified atom stereocenters. The van der Waals surface area contributed by atoms with Crippen LogP contribution in [-0.4, -0.2) is 4.98 Å². The molecule has 1 aromatic heterocycles. The van der Waals surface area contributed by atoms with Crippen molar-refractivity contribution in [1.29, 1.82) is 0 Å². The van der Waals surface area contributed by atoms with Crippen LogP contribution in [0.15, 0.2) is 48.5 Å². The van der Waals surface area contributed by atoms with Crippen LogP contribution in [0, 0.1) is 19.7 Å². The summed E-state index contributed by atoms with van der Waals surface area (Å²) in [4.78, 5) is 4.55. The number of aryl methyl sites for hydroxylation is 2. The molecule has 0 aliphatic heterocycles. The number of halogens is 1. The van der Waals surface area contributed by atoms with Crippen LogP contribution in [0.4, 0.5) is 4.39 Å². The van der Waals surface area contributed by atoms with Crippen molar-refractivity contribution in [2.24, 2.45) is 0 Å². The molecule has 0 saturated heterocycles. The summed E-state index contributed by atoms with van der Waals surface area (Å²) in [6.07, 6.45) is 0. The summed E-state index contributed by atoms with van der Waals surface area (Å²) in [5, 5.41) is 0.565. The Morgan fingerprint density at radius 1 is 0.895 bits per heavy atom. The number of benzene rings is 2. The summed E-state index contributed by atoms with van der Waals surface area (Å²) in [5.41, 5.74) is 4.65. The average molecular weight is 251 g/mol. The molecule has 94 valence electrons. The molecule has 2 heteroatoms. The molecule has 0 amide bonds. The molecular weight excluding hydrogens is 237 g/mol. The Bertz CT molecular complexity index is 742. The van der Waals surface area contributed by atoms with Crippen LogP contribution in [0.1, 0.15) is 11.1 Å². The van der Waals surface area contributed by atoms with Gasteiger partial charge in [0.15, 0.2) is 0 Å². The van der Waals surface area contributed by atoms with Gasteiger partial charge in [0.05, 0.1) is 11.2 Å². The predicted octanol–water partition coefficient (Wildman–Crippen LogP) is 4.66. The van der Waals surface area contributed by atoms with Crippen LogP contribution in [0.2, 0.25) is 0 Å². The molecule has 0 aliphatic carbocycles. The summed E-state index contributed by atoms with van der Waals surface area (Å²) in [6, 6.07) is 15.0. The molecule has 2 aromatic carbocycles. The number of pyridine rings is 1. The first-order valence-corrected chi connectivity index (χ1v) is 6.27. The van der Waals surface area contributed by atoms with E-state index in [4.69, 9.17) is 0 Å². The van der Waals surface area contributed by atoms with Crippen molar-refractivity contribution in [1.82, 2.24) is 4.98 Å². The summed E-state index contributed by atoms with van der Waals surface area (Å²) in [5.74, 6) is -0.222. The second kappa shape index (κ2) is 4.47. The fraction of sp³-hybridized carbons (Fsp3) is 0.118. The van der Waals surface area contributed by atoms with Crippen LogP contribution in [-0.2, 0) is 0 Å². The Morgan fingerprint density at radius 2 is 1.58 bits per heavy atom. The highest BCUT2D eigenvalue weighted by molar-refractivity contribution is 5.82. The zero-order chi connectivity index (χ0) is 13.4. The second-order valence-electron chi connectivity index (χ2n) is 4.88. The predicted molar refractivity (Wildman–Crippen MR) is 76.6 cm³/mol. The fourth-order valence-electron chi connectivity index (χ4n) is 2.40. The minimum atomic E-state index is -0.222. The van der Waals surface area contributed by atoms with Gasteiger partial charge < -0.3 is 0 Å². The van der Waals surface area contributed by atoms with Gasteiger partial charge in [-0.05, 0) is 38.1 Å². The quantitative estimate of drug-likeness (QED) is 0.613. The maximum Gasteiger partial charge on any atom is 0.134 e. The van der Waals surface area contributed by atoms with E-state index in [1.54, 1.807) is 6.07 Å². The highest BCUT2D eigenvalue weighted by atomic mass is 19.1. The van der Waals surface area contributed by atoms with Crippen molar-refractivity contribution >= 4 is 10.9 Å². The molecule has 0 fully saturated rings. The second-order valence-corrected chi connectivity index (χ2v) is 4.88. The van der Waals surface area contributed by atoms with Crippen molar-refractivity contribution in [2.75, 3.05) is 0 Å². The lowest BCUT2D eigenvalue weighted by Crippen LogP contribution is -1.90. The van der Waals surface area contributed by atoms with Gasteiger partial charge in [-0.2, -0.15) is 0 Å². The zero-order valence-corrected chi connectivity index (χ0v) is 10.9. The van der Waals surface area contributed by atoms with E-state index < -0.39 is 0 Å². The van der Waals surface area contributed by atoms with Gasteiger partial charge in [-0.15, -0.1) is 0 Å². The maximum atomic E-state index is 14.1. The van der Waals surface area contributed by atoms with Crippen LogP contribution in [0.5, 0.6) is 0 Å². The number of hydrogen-bond donors (Lipinski definition) is 0. The SMILES string of the molecule is Cc1cc(C)cc(-c2cc(F)c3ccccc3n2)c1. The third-order valence-corrected chi connectivity index (χ3v) is 3.18. The first-order valence-electron chi connectivity index (χ1n) is 6.27. The number of fused-ring (bicyclic) bond motifs is 1. The Labute approximate surface area is 111 Å². The molecule has 0 atom stereocenters. The smallest absolute Gasteiger partial charge is 0.134 e. The highest BCUT2D eigenvalue weighted by Gasteiger charge is 2.07. The molecule has 3 aromatic rings. The fourth-order valence-corrected chi connectivity index (χ4v) is 2.40. The van der Waals surface area contributed by atoms with Gasteiger partial charge in [-0.3, -0.25) is 0 Å². The molecule has 0 radical (unpaired) electrons. The Morgan fingerprint density at radius 3 is 2.32 bits per heavy atom. The zero-order valence-electron chi connectivity index (χ0n) is 10.9. The topological polar surface area (TPSA) is 12.9 Å². The molecule has 19 heavy (non-hydrogen) atoms. The minimum Gasteiger partial charge on any atom is -0.248 e. The van der Waals surface area contributed by atoms with Gasteiger partial charge in [-0.25, -0.2) is 9.37 Å². The lowest BCUT2D eigenvalue weighted by atomic mass is 10.0. The molecule has 0 N–H and O–H groups in total. The van der Waals surface area contributed by atoms with Crippen LogP contribution in [0.25, 0.3) is 22.2 Å². The van der Waals surface area contributed by atoms with Crippen molar-refractivity contribution in [3.05, 3.63) is 65.5 Å². The number of para-hydroxylation sites is 1. The van der Waals surface area contributed by atoms with E-state index >= 15 is 0 Å². The van der Waals surface area contributed by atoms with Crippen molar-refractivity contribution in [2.45, 2.75) is 13.8 Å². The van der Waals surface area contributed by atoms with E-state index in [9.17, 15) is 4.39 Å². The molecular formula is C17H14FN. The lowest BCUT2D eigenvalue weighted by molar-refractivity contribution is 0.639. The average Bonchev–Trinajstić information content (AvgIpc) is 2.37. The molecule has 3 rings (SSSR count). The molecule has 0 bridgehead atoms. The van der Waals surface area contributed by atoms with Crippen molar-refractivity contribution < 1.29 is 4.39 Å². The lowest BCUT2D eigenvalue weighted by Gasteiger charge is -2.07. The van der Waals surface area contributed by atoms with Gasteiger partial charge in [0.2, 0.25) is 0 Å². The van der Waals surface area contributed by atoms with E-state index in [1.165, 1.54) is 6.07 Å². The first kappa shape index (κ1) is 11.8. The first-order chi connectivity index (χ1) is 9.13. The molecule has 0 aliphatic rings. The highest BCUT2D eigenvalue weighted by Crippen LogP contribution is 2.25. The Balaban J connectivity index is 2.25. The molecule has 0 saturated carbocycles. The van der Waals surface area contributed by atoms with Gasteiger partial charge in [0.25, 0.3) is 0 Å². The number of rotatable bonds is 1. The van der Waals surface area contributed by atoms with E-state index in [2.05, 4.69) is 11.1 Å². The number of nitrogens with zero attached hydrogens (tertiary/aromatic N) is 1. The summed E-state index contributed by atoms with van der Waals surface area (Å²) in [7, 11) is 0. The summed E-state index contributed by atoms with van der Waals surface area (Å²) >= 11 is 0. The summed E-state index contributed by atoms with van der Waals surface area (Å²) < 4.78 is 14.1. The third-order valence-electron chi connectivity index (χ3n) is 3.18.